The predicted molar refractivity (Wildman–Crippen MR) is 96.2 cm³/mol. The van der Waals surface area contributed by atoms with Gasteiger partial charge in [0.25, 0.3) is 17.5 Å². The Labute approximate surface area is 159 Å². The van der Waals surface area contributed by atoms with Crippen molar-refractivity contribution in [3.63, 3.8) is 0 Å². The number of aromatic nitrogens is 2. The minimum absolute atomic E-state index is 0.0147. The van der Waals surface area contributed by atoms with Crippen LogP contribution in [-0.2, 0) is 14.3 Å². The highest BCUT2D eigenvalue weighted by Gasteiger charge is 2.24. The summed E-state index contributed by atoms with van der Waals surface area (Å²) in [6.45, 7) is 2.72. The number of hydrogen-bond acceptors (Lipinski definition) is 8. The van der Waals surface area contributed by atoms with Crippen molar-refractivity contribution < 1.29 is 24.0 Å². The molecule has 11 nitrogen and oxygen atoms in total. The zero-order valence-electron chi connectivity index (χ0n) is 15.0. The van der Waals surface area contributed by atoms with Gasteiger partial charge in [0.15, 0.2) is 6.10 Å². The quantitative estimate of drug-likeness (QED) is 0.406. The maximum atomic E-state index is 12.2. The van der Waals surface area contributed by atoms with E-state index >= 15 is 0 Å². The Hall–Kier alpha value is -3.89. The minimum Gasteiger partial charge on any atom is -0.451 e. The molecule has 2 atom stereocenters. The summed E-state index contributed by atoms with van der Waals surface area (Å²) >= 11 is 0. The third kappa shape index (κ3) is 5.56. The molecule has 0 fully saturated rings. The average molecular weight is 387 g/mol. The number of non-ortho nitro benzene ring substituents is 1. The second-order valence-electron chi connectivity index (χ2n) is 5.64. The van der Waals surface area contributed by atoms with Crippen LogP contribution in [0.25, 0.3) is 0 Å². The summed E-state index contributed by atoms with van der Waals surface area (Å²) in [4.78, 5) is 54.0. The molecule has 1 aromatic heterocycles. The van der Waals surface area contributed by atoms with Gasteiger partial charge in [0.05, 0.1) is 4.92 Å². The Bertz CT molecular complexity index is 889. The smallest absolute Gasteiger partial charge is 0.329 e. The van der Waals surface area contributed by atoms with Crippen LogP contribution in [0.15, 0.2) is 42.7 Å². The van der Waals surface area contributed by atoms with Gasteiger partial charge in [-0.25, -0.2) is 14.8 Å². The number of ether oxygens (including phenoxy) is 1. The molecule has 0 spiro atoms. The van der Waals surface area contributed by atoms with Gasteiger partial charge in [-0.15, -0.1) is 0 Å². The van der Waals surface area contributed by atoms with Crippen molar-refractivity contribution in [3.05, 3.63) is 58.4 Å². The molecule has 1 heterocycles. The molecule has 28 heavy (non-hydrogen) atoms. The number of hydrogen-bond donors (Lipinski definition) is 2. The molecule has 0 saturated heterocycles. The van der Waals surface area contributed by atoms with E-state index < -0.39 is 34.9 Å². The number of carbonyl (C=O) groups excluding carboxylic acids is 3. The van der Waals surface area contributed by atoms with Crippen LogP contribution in [0.4, 0.5) is 11.6 Å². The molecule has 0 bridgehead atoms. The summed E-state index contributed by atoms with van der Waals surface area (Å²) in [5.74, 6) is -2.13. The molecule has 2 amide bonds. The van der Waals surface area contributed by atoms with Crippen LogP contribution in [0.1, 0.15) is 24.2 Å². The third-order valence-corrected chi connectivity index (χ3v) is 3.48. The van der Waals surface area contributed by atoms with Crippen LogP contribution < -0.4 is 10.6 Å². The van der Waals surface area contributed by atoms with E-state index in [4.69, 9.17) is 4.74 Å². The van der Waals surface area contributed by atoms with E-state index in [9.17, 15) is 24.5 Å². The van der Waals surface area contributed by atoms with Gasteiger partial charge >= 0.3 is 5.97 Å². The number of anilines is 1. The number of nitrogens with zero attached hydrogens (tertiary/aromatic N) is 3. The topological polar surface area (TPSA) is 153 Å². The summed E-state index contributed by atoms with van der Waals surface area (Å²) in [6, 6.07) is 5.54. The van der Waals surface area contributed by atoms with Crippen LogP contribution in [0, 0.1) is 10.1 Å². The van der Waals surface area contributed by atoms with Gasteiger partial charge in [-0.2, -0.15) is 0 Å². The Balaban J connectivity index is 1.91. The van der Waals surface area contributed by atoms with E-state index in [-0.39, 0.29) is 17.2 Å². The average Bonchev–Trinajstić information content (AvgIpc) is 2.68. The number of carbonyl (C=O) groups is 3. The van der Waals surface area contributed by atoms with Crippen LogP contribution in [0.5, 0.6) is 0 Å². The van der Waals surface area contributed by atoms with Crippen LogP contribution in [0.2, 0.25) is 0 Å². The molecule has 2 rings (SSSR count). The van der Waals surface area contributed by atoms with E-state index in [0.717, 1.165) is 6.07 Å². The molecule has 0 saturated carbocycles. The molecular formula is C17H17N5O6. The first-order valence-electron chi connectivity index (χ1n) is 8.11. The lowest BCUT2D eigenvalue weighted by molar-refractivity contribution is -0.384. The molecule has 2 N–H and O–H groups in total. The van der Waals surface area contributed by atoms with E-state index in [0.29, 0.717) is 0 Å². The molecule has 146 valence electrons. The second kappa shape index (κ2) is 9.16. The summed E-state index contributed by atoms with van der Waals surface area (Å²) in [5, 5.41) is 15.5. The molecule has 1 aromatic carbocycles. The predicted octanol–water partition coefficient (Wildman–Crippen LogP) is 1.07. The van der Waals surface area contributed by atoms with E-state index in [1.54, 1.807) is 6.07 Å². The lowest BCUT2D eigenvalue weighted by Gasteiger charge is -2.17. The Morgan fingerprint density at radius 1 is 1.14 bits per heavy atom. The van der Waals surface area contributed by atoms with Gasteiger partial charge in [-0.3, -0.25) is 25.0 Å². The van der Waals surface area contributed by atoms with Gasteiger partial charge in [0.2, 0.25) is 5.95 Å². The van der Waals surface area contributed by atoms with Gasteiger partial charge in [-0.1, -0.05) is 6.07 Å². The first-order chi connectivity index (χ1) is 13.3. The van der Waals surface area contributed by atoms with E-state index in [2.05, 4.69) is 20.6 Å². The first-order valence-corrected chi connectivity index (χ1v) is 8.11. The van der Waals surface area contributed by atoms with Crippen molar-refractivity contribution in [2.45, 2.75) is 26.0 Å². The molecule has 11 heteroatoms. The molecule has 0 aliphatic heterocycles. The summed E-state index contributed by atoms with van der Waals surface area (Å²) < 4.78 is 5.02. The van der Waals surface area contributed by atoms with Crippen molar-refractivity contribution in [1.82, 2.24) is 15.3 Å². The minimum atomic E-state index is -1.16. The fourth-order valence-corrected chi connectivity index (χ4v) is 2.00. The fourth-order valence-electron chi connectivity index (χ4n) is 2.00. The SMILES string of the molecule is CC(OC(=O)[C@H](C)NC(=O)c1cccc([N+](=O)[O-])c1)C(=O)Nc1ncccn1. The lowest BCUT2D eigenvalue weighted by Crippen LogP contribution is -2.42. The highest BCUT2D eigenvalue weighted by molar-refractivity contribution is 5.98. The molecular weight excluding hydrogens is 370 g/mol. The number of nitrogens with one attached hydrogen (secondary N) is 2. The standard InChI is InChI=1S/C17H17N5O6/c1-10(20-15(24)12-5-3-6-13(9-12)22(26)27)16(25)28-11(2)14(23)21-17-18-7-4-8-19-17/h3-11H,1-2H3,(H,20,24)(H,18,19,21,23)/t10-,11?/m0/s1. The number of rotatable bonds is 7. The first kappa shape index (κ1) is 20.4. The van der Waals surface area contributed by atoms with Crippen molar-refractivity contribution in [1.29, 1.82) is 0 Å². The Morgan fingerprint density at radius 3 is 2.46 bits per heavy atom. The second-order valence-corrected chi connectivity index (χ2v) is 5.64. The molecule has 0 radical (unpaired) electrons. The highest BCUT2D eigenvalue weighted by atomic mass is 16.6. The molecule has 2 aromatic rings. The maximum absolute atomic E-state index is 12.2. The highest BCUT2D eigenvalue weighted by Crippen LogP contribution is 2.13. The Kier molecular flexibility index (Phi) is 6.68. The largest absolute Gasteiger partial charge is 0.451 e. The van der Waals surface area contributed by atoms with E-state index in [1.807, 2.05) is 0 Å². The number of nitro benzene ring substituents is 1. The lowest BCUT2D eigenvalue weighted by atomic mass is 10.2. The van der Waals surface area contributed by atoms with Crippen LogP contribution in [-0.4, -0.2) is 44.8 Å². The monoisotopic (exact) mass is 387 g/mol. The van der Waals surface area contributed by atoms with Crippen LogP contribution >= 0.6 is 0 Å². The van der Waals surface area contributed by atoms with Crippen molar-refractivity contribution in [3.8, 4) is 0 Å². The van der Waals surface area contributed by atoms with Crippen molar-refractivity contribution in [2.24, 2.45) is 0 Å². The zero-order valence-corrected chi connectivity index (χ0v) is 15.0. The summed E-state index contributed by atoms with van der Waals surface area (Å²) in [6.07, 6.45) is 1.71. The summed E-state index contributed by atoms with van der Waals surface area (Å²) in [7, 11) is 0. The number of amides is 2. The van der Waals surface area contributed by atoms with Gasteiger partial charge in [0.1, 0.15) is 6.04 Å². The Morgan fingerprint density at radius 2 is 1.82 bits per heavy atom. The number of esters is 1. The summed E-state index contributed by atoms with van der Waals surface area (Å²) in [5.41, 5.74) is -0.239. The normalized spacial score (nSPS) is 12.4. The van der Waals surface area contributed by atoms with E-state index in [1.165, 1.54) is 44.4 Å². The van der Waals surface area contributed by atoms with Crippen molar-refractivity contribution >= 4 is 29.4 Å². The van der Waals surface area contributed by atoms with Gasteiger partial charge in [-0.05, 0) is 26.0 Å². The number of nitro groups is 1. The van der Waals surface area contributed by atoms with Crippen molar-refractivity contribution in [2.75, 3.05) is 5.32 Å². The molecule has 1 unspecified atom stereocenters. The maximum Gasteiger partial charge on any atom is 0.329 e. The van der Waals surface area contributed by atoms with Gasteiger partial charge < -0.3 is 10.1 Å². The van der Waals surface area contributed by atoms with Gasteiger partial charge in [0, 0.05) is 30.1 Å². The number of benzene rings is 1. The molecule has 0 aliphatic rings. The van der Waals surface area contributed by atoms with Crippen LogP contribution in [0.3, 0.4) is 0 Å². The zero-order chi connectivity index (χ0) is 20.7. The fraction of sp³-hybridized carbons (Fsp3) is 0.235. The molecule has 0 aliphatic carbocycles. The third-order valence-electron chi connectivity index (χ3n) is 3.48.